The minimum atomic E-state index is -0.334. The molecule has 0 spiro atoms. The summed E-state index contributed by atoms with van der Waals surface area (Å²) in [6.07, 6.45) is -0.334. The van der Waals surface area contributed by atoms with Crippen LogP contribution in [-0.4, -0.2) is 71.1 Å². The van der Waals surface area contributed by atoms with Gasteiger partial charge in [0.05, 0.1) is 12.3 Å². The van der Waals surface area contributed by atoms with Gasteiger partial charge in [-0.25, -0.2) is 4.98 Å². The van der Waals surface area contributed by atoms with Gasteiger partial charge in [-0.1, -0.05) is 30.3 Å². The molecule has 2 aliphatic rings. The van der Waals surface area contributed by atoms with E-state index in [0.29, 0.717) is 13.2 Å². The number of hydrogen-bond donors (Lipinski definition) is 0. The lowest BCUT2D eigenvalue weighted by atomic mass is 10.2. The van der Waals surface area contributed by atoms with Crippen molar-refractivity contribution in [3.63, 3.8) is 0 Å². The molecule has 4 rings (SSSR count). The number of thioether (sulfide) groups is 1. The predicted octanol–water partition coefficient (Wildman–Crippen LogP) is 2.59. The van der Waals surface area contributed by atoms with Crippen LogP contribution in [-0.2, 0) is 16.1 Å². The molecule has 7 heteroatoms. The third-order valence-electron chi connectivity index (χ3n) is 4.71. The summed E-state index contributed by atoms with van der Waals surface area (Å²) in [5.41, 5.74) is 2.22. The van der Waals surface area contributed by atoms with Gasteiger partial charge in [0.15, 0.2) is 0 Å². The smallest absolute Gasteiger partial charge is 0.253 e. The molecule has 1 aromatic heterocycles. The van der Waals surface area contributed by atoms with E-state index in [1.165, 1.54) is 0 Å². The van der Waals surface area contributed by atoms with E-state index in [9.17, 15) is 4.79 Å². The number of thiazole rings is 1. The molecule has 0 radical (unpaired) electrons. The van der Waals surface area contributed by atoms with E-state index in [2.05, 4.69) is 22.4 Å². The maximum atomic E-state index is 12.7. The number of carbonyl (C=O) groups excluding carboxylic acids is 1. The van der Waals surface area contributed by atoms with Crippen LogP contribution in [0.1, 0.15) is 5.69 Å². The lowest BCUT2D eigenvalue weighted by Crippen LogP contribution is -2.52. The maximum Gasteiger partial charge on any atom is 0.253 e. The second kappa shape index (κ2) is 8.52. The second-order valence-corrected chi connectivity index (χ2v) is 8.63. The van der Waals surface area contributed by atoms with Gasteiger partial charge in [0.2, 0.25) is 0 Å². The van der Waals surface area contributed by atoms with Gasteiger partial charge in [0.25, 0.3) is 5.91 Å². The highest BCUT2D eigenvalue weighted by Gasteiger charge is 2.31. The summed E-state index contributed by atoms with van der Waals surface area (Å²) >= 11 is 3.59. The average Bonchev–Trinajstić information content (AvgIpc) is 3.17. The zero-order valence-electron chi connectivity index (χ0n) is 14.7. The van der Waals surface area contributed by atoms with Crippen molar-refractivity contribution in [1.82, 2.24) is 14.8 Å². The molecule has 1 unspecified atom stereocenters. The zero-order chi connectivity index (χ0) is 17.8. The van der Waals surface area contributed by atoms with Crippen LogP contribution in [0.15, 0.2) is 35.7 Å². The Balaban J connectivity index is 1.36. The first-order valence-corrected chi connectivity index (χ1v) is 11.0. The fourth-order valence-electron chi connectivity index (χ4n) is 3.30. The summed E-state index contributed by atoms with van der Waals surface area (Å²) in [4.78, 5) is 21.7. The molecule has 26 heavy (non-hydrogen) atoms. The monoisotopic (exact) mass is 389 g/mol. The number of amides is 1. The van der Waals surface area contributed by atoms with Gasteiger partial charge in [-0.05, 0) is 0 Å². The Hall–Kier alpha value is -1.41. The highest BCUT2D eigenvalue weighted by molar-refractivity contribution is 7.99. The molecule has 0 saturated carbocycles. The highest BCUT2D eigenvalue weighted by atomic mass is 32.2. The van der Waals surface area contributed by atoms with Gasteiger partial charge in [0.1, 0.15) is 11.1 Å². The predicted molar refractivity (Wildman–Crippen MR) is 106 cm³/mol. The molecule has 3 heterocycles. The van der Waals surface area contributed by atoms with Gasteiger partial charge in [0, 0.05) is 55.2 Å². The molecule has 2 fully saturated rings. The first kappa shape index (κ1) is 18.0. The number of nitrogens with zero attached hydrogens (tertiary/aromatic N) is 3. The molecule has 1 amide bonds. The van der Waals surface area contributed by atoms with Crippen molar-refractivity contribution in [2.75, 3.05) is 44.3 Å². The van der Waals surface area contributed by atoms with Crippen LogP contribution in [0.25, 0.3) is 10.6 Å². The standard InChI is InChI=1S/C19H23N3O2S2/c23-19(22-7-10-25-11-8-22)17-13-21(6-9-24-17)12-16-14-26-18(20-16)15-4-2-1-3-5-15/h1-5,14,17H,6-13H2. The van der Waals surface area contributed by atoms with E-state index in [-0.39, 0.29) is 12.0 Å². The average molecular weight is 390 g/mol. The van der Waals surface area contributed by atoms with E-state index >= 15 is 0 Å². The van der Waals surface area contributed by atoms with Crippen LogP contribution in [0.2, 0.25) is 0 Å². The summed E-state index contributed by atoms with van der Waals surface area (Å²) in [7, 11) is 0. The van der Waals surface area contributed by atoms with E-state index in [4.69, 9.17) is 9.72 Å². The van der Waals surface area contributed by atoms with Gasteiger partial charge in [-0.2, -0.15) is 11.8 Å². The third kappa shape index (κ3) is 4.28. The topological polar surface area (TPSA) is 45.7 Å². The summed E-state index contributed by atoms with van der Waals surface area (Å²) in [5, 5.41) is 3.17. The minimum absolute atomic E-state index is 0.151. The Bertz CT molecular complexity index is 731. The van der Waals surface area contributed by atoms with Crippen LogP contribution in [0, 0.1) is 0 Å². The first-order valence-electron chi connectivity index (χ1n) is 9.00. The highest BCUT2D eigenvalue weighted by Crippen LogP contribution is 2.24. The largest absolute Gasteiger partial charge is 0.366 e. The van der Waals surface area contributed by atoms with Crippen LogP contribution in [0.5, 0.6) is 0 Å². The number of rotatable bonds is 4. The molecule has 2 saturated heterocycles. The first-order chi connectivity index (χ1) is 12.8. The molecule has 1 aromatic carbocycles. The van der Waals surface area contributed by atoms with Crippen molar-refractivity contribution in [2.45, 2.75) is 12.6 Å². The maximum absolute atomic E-state index is 12.7. The van der Waals surface area contributed by atoms with Crippen LogP contribution >= 0.6 is 23.1 Å². The normalized spacial score (nSPS) is 21.7. The molecule has 0 N–H and O–H groups in total. The van der Waals surface area contributed by atoms with Crippen molar-refractivity contribution in [2.24, 2.45) is 0 Å². The Morgan fingerprint density at radius 3 is 2.81 bits per heavy atom. The molecule has 5 nitrogen and oxygen atoms in total. The van der Waals surface area contributed by atoms with E-state index in [0.717, 1.165) is 53.9 Å². The van der Waals surface area contributed by atoms with Crippen molar-refractivity contribution in [3.05, 3.63) is 41.4 Å². The van der Waals surface area contributed by atoms with Crippen LogP contribution < -0.4 is 0 Å². The van der Waals surface area contributed by atoms with Crippen molar-refractivity contribution in [3.8, 4) is 10.6 Å². The minimum Gasteiger partial charge on any atom is -0.366 e. The van der Waals surface area contributed by atoms with Crippen molar-refractivity contribution in [1.29, 1.82) is 0 Å². The summed E-state index contributed by atoms with van der Waals surface area (Å²) < 4.78 is 5.78. The van der Waals surface area contributed by atoms with E-state index in [1.54, 1.807) is 11.3 Å². The number of ether oxygens (including phenoxy) is 1. The molecular formula is C19H23N3O2S2. The van der Waals surface area contributed by atoms with Gasteiger partial charge < -0.3 is 9.64 Å². The molecule has 1 atom stereocenters. The SMILES string of the molecule is O=C(C1CN(Cc2csc(-c3ccccc3)n2)CCO1)N1CCSCC1. The van der Waals surface area contributed by atoms with Crippen molar-refractivity contribution >= 4 is 29.0 Å². The third-order valence-corrected chi connectivity index (χ3v) is 6.59. The summed E-state index contributed by atoms with van der Waals surface area (Å²) in [5.74, 6) is 2.21. The second-order valence-electron chi connectivity index (χ2n) is 6.54. The van der Waals surface area contributed by atoms with Crippen LogP contribution in [0.4, 0.5) is 0 Å². The Labute approximate surface area is 162 Å². The quantitative estimate of drug-likeness (QED) is 0.804. The Kier molecular flexibility index (Phi) is 5.89. The molecule has 2 aromatic rings. The molecule has 138 valence electrons. The Morgan fingerprint density at radius 2 is 2.00 bits per heavy atom. The van der Waals surface area contributed by atoms with E-state index in [1.807, 2.05) is 34.9 Å². The van der Waals surface area contributed by atoms with Crippen LogP contribution in [0.3, 0.4) is 0 Å². The zero-order valence-corrected chi connectivity index (χ0v) is 16.3. The van der Waals surface area contributed by atoms with Gasteiger partial charge >= 0.3 is 0 Å². The number of benzene rings is 1. The molecule has 0 bridgehead atoms. The number of aromatic nitrogens is 1. The van der Waals surface area contributed by atoms with Crippen molar-refractivity contribution < 1.29 is 9.53 Å². The van der Waals surface area contributed by atoms with E-state index < -0.39 is 0 Å². The Morgan fingerprint density at radius 1 is 1.19 bits per heavy atom. The molecule has 0 aliphatic carbocycles. The molecule has 2 aliphatic heterocycles. The number of morpholine rings is 1. The summed E-state index contributed by atoms with van der Waals surface area (Å²) in [6, 6.07) is 10.3. The fourth-order valence-corrected chi connectivity index (χ4v) is 5.03. The van der Waals surface area contributed by atoms with Gasteiger partial charge in [-0.15, -0.1) is 11.3 Å². The summed E-state index contributed by atoms with van der Waals surface area (Å²) in [6.45, 7) is 4.56. The lowest BCUT2D eigenvalue weighted by molar-refractivity contribution is -0.149. The number of carbonyl (C=O) groups is 1. The molecular weight excluding hydrogens is 366 g/mol. The lowest BCUT2D eigenvalue weighted by Gasteiger charge is -2.35. The van der Waals surface area contributed by atoms with Gasteiger partial charge in [-0.3, -0.25) is 9.69 Å². The fraction of sp³-hybridized carbons (Fsp3) is 0.474. The number of hydrogen-bond acceptors (Lipinski definition) is 6.